The summed E-state index contributed by atoms with van der Waals surface area (Å²) in [5.41, 5.74) is 0. The van der Waals surface area contributed by atoms with E-state index in [4.69, 9.17) is 14.2 Å². The Morgan fingerprint density at radius 1 is 1.36 bits per heavy atom. The molecule has 4 nitrogen and oxygen atoms in total. The van der Waals surface area contributed by atoms with Crippen molar-refractivity contribution < 1.29 is 19.0 Å². The Morgan fingerprint density at radius 2 is 2.07 bits per heavy atom. The van der Waals surface area contributed by atoms with Crippen LogP contribution in [-0.2, 0) is 14.2 Å². The standard InChI is InChI=1S/C10H16O4/c1-6-4-7(2)10(13-8(6)3)5-12-9(11)14-10/h6-8H,4-5H2,1-3H3/t6-,7+,8+,10+/m0/s1. The van der Waals surface area contributed by atoms with Crippen LogP contribution in [0.5, 0.6) is 0 Å². The lowest BCUT2D eigenvalue weighted by molar-refractivity contribution is -0.268. The van der Waals surface area contributed by atoms with Gasteiger partial charge in [-0.15, -0.1) is 0 Å². The molecule has 0 radical (unpaired) electrons. The molecular weight excluding hydrogens is 184 g/mol. The average Bonchev–Trinajstić information content (AvgIpc) is 2.46. The van der Waals surface area contributed by atoms with E-state index < -0.39 is 11.9 Å². The van der Waals surface area contributed by atoms with Crippen molar-refractivity contribution in [1.29, 1.82) is 0 Å². The van der Waals surface area contributed by atoms with Gasteiger partial charge in [-0.3, -0.25) is 0 Å². The van der Waals surface area contributed by atoms with Gasteiger partial charge in [-0.25, -0.2) is 4.79 Å². The summed E-state index contributed by atoms with van der Waals surface area (Å²) in [6.07, 6.45) is 0.497. The Morgan fingerprint density at radius 3 is 2.64 bits per heavy atom. The number of rotatable bonds is 0. The minimum atomic E-state index is -0.816. The second-order valence-corrected chi connectivity index (χ2v) is 4.39. The Kier molecular flexibility index (Phi) is 2.18. The van der Waals surface area contributed by atoms with Crippen molar-refractivity contribution in [3.05, 3.63) is 0 Å². The molecule has 0 aliphatic carbocycles. The summed E-state index contributed by atoms with van der Waals surface area (Å²) < 4.78 is 15.7. The first kappa shape index (κ1) is 9.77. The van der Waals surface area contributed by atoms with Crippen LogP contribution < -0.4 is 0 Å². The lowest BCUT2D eigenvalue weighted by atomic mass is 9.84. The van der Waals surface area contributed by atoms with Gasteiger partial charge in [-0.05, 0) is 19.3 Å². The second-order valence-electron chi connectivity index (χ2n) is 4.39. The molecule has 0 aromatic heterocycles. The highest BCUT2D eigenvalue weighted by Crippen LogP contribution is 2.40. The van der Waals surface area contributed by atoms with Crippen molar-refractivity contribution in [1.82, 2.24) is 0 Å². The largest absolute Gasteiger partial charge is 0.511 e. The summed E-state index contributed by atoms with van der Waals surface area (Å²) in [6, 6.07) is 0. The van der Waals surface area contributed by atoms with Gasteiger partial charge in [0.1, 0.15) is 0 Å². The summed E-state index contributed by atoms with van der Waals surface area (Å²) in [5, 5.41) is 0. The minimum absolute atomic E-state index is 0.112. The van der Waals surface area contributed by atoms with Gasteiger partial charge in [0.05, 0.1) is 6.10 Å². The van der Waals surface area contributed by atoms with Crippen LogP contribution in [0.1, 0.15) is 27.2 Å². The highest BCUT2D eigenvalue weighted by molar-refractivity contribution is 5.62. The molecule has 2 heterocycles. The molecule has 0 aromatic rings. The summed E-state index contributed by atoms with van der Waals surface area (Å²) in [6.45, 7) is 6.41. The van der Waals surface area contributed by atoms with E-state index in [-0.39, 0.29) is 18.6 Å². The third kappa shape index (κ3) is 1.38. The number of hydrogen-bond donors (Lipinski definition) is 0. The predicted molar refractivity (Wildman–Crippen MR) is 48.7 cm³/mol. The van der Waals surface area contributed by atoms with E-state index >= 15 is 0 Å². The van der Waals surface area contributed by atoms with Crippen LogP contribution >= 0.6 is 0 Å². The van der Waals surface area contributed by atoms with Crippen molar-refractivity contribution in [2.24, 2.45) is 11.8 Å². The fourth-order valence-electron chi connectivity index (χ4n) is 2.14. The number of carbonyl (C=O) groups is 1. The van der Waals surface area contributed by atoms with Crippen molar-refractivity contribution in [2.75, 3.05) is 6.61 Å². The molecule has 1 spiro atoms. The van der Waals surface area contributed by atoms with E-state index in [1.807, 2.05) is 13.8 Å². The molecule has 2 rings (SSSR count). The Bertz CT molecular complexity index is 253. The second kappa shape index (κ2) is 3.12. The van der Waals surface area contributed by atoms with Gasteiger partial charge in [0.25, 0.3) is 5.79 Å². The van der Waals surface area contributed by atoms with Crippen LogP contribution in [0.4, 0.5) is 4.79 Å². The molecule has 2 aliphatic heterocycles. The fourth-order valence-corrected chi connectivity index (χ4v) is 2.14. The summed E-state index contributed by atoms with van der Waals surface area (Å²) >= 11 is 0. The molecule has 2 fully saturated rings. The summed E-state index contributed by atoms with van der Waals surface area (Å²) in [5.74, 6) is -0.127. The zero-order valence-corrected chi connectivity index (χ0v) is 8.78. The van der Waals surface area contributed by atoms with Crippen LogP contribution in [0.25, 0.3) is 0 Å². The van der Waals surface area contributed by atoms with E-state index in [0.29, 0.717) is 5.92 Å². The Labute approximate surface area is 83.5 Å². The van der Waals surface area contributed by atoms with Crippen LogP contribution in [0, 0.1) is 11.8 Å². The van der Waals surface area contributed by atoms with E-state index in [2.05, 4.69) is 6.92 Å². The molecule has 14 heavy (non-hydrogen) atoms. The highest BCUT2D eigenvalue weighted by Gasteiger charge is 2.52. The van der Waals surface area contributed by atoms with E-state index in [1.54, 1.807) is 0 Å². The topological polar surface area (TPSA) is 44.8 Å². The summed E-state index contributed by atoms with van der Waals surface area (Å²) in [4.78, 5) is 10.9. The number of hydrogen-bond acceptors (Lipinski definition) is 4. The van der Waals surface area contributed by atoms with Crippen molar-refractivity contribution in [3.63, 3.8) is 0 Å². The molecule has 0 aromatic carbocycles. The zero-order valence-electron chi connectivity index (χ0n) is 8.78. The fraction of sp³-hybridized carbons (Fsp3) is 0.900. The molecule has 2 aliphatic rings. The average molecular weight is 200 g/mol. The SMILES string of the molecule is C[C@@H]1C[C@H](C)[C@@H](C)O[C@@]12COC(=O)O2. The minimum Gasteiger partial charge on any atom is -0.427 e. The van der Waals surface area contributed by atoms with Gasteiger partial charge in [0.2, 0.25) is 0 Å². The number of ether oxygens (including phenoxy) is 3. The number of carbonyl (C=O) groups excluding carboxylic acids is 1. The normalized spacial score (nSPS) is 47.6. The molecule has 80 valence electrons. The molecule has 0 bridgehead atoms. The van der Waals surface area contributed by atoms with Gasteiger partial charge in [-0.1, -0.05) is 13.8 Å². The maximum atomic E-state index is 10.9. The van der Waals surface area contributed by atoms with Gasteiger partial charge in [0.15, 0.2) is 6.61 Å². The van der Waals surface area contributed by atoms with E-state index in [1.165, 1.54) is 0 Å². The van der Waals surface area contributed by atoms with Gasteiger partial charge >= 0.3 is 6.16 Å². The quantitative estimate of drug-likeness (QED) is 0.560. The predicted octanol–water partition coefficient (Wildman–Crippen LogP) is 1.93. The first-order chi connectivity index (χ1) is 6.53. The van der Waals surface area contributed by atoms with Gasteiger partial charge in [0, 0.05) is 5.92 Å². The maximum absolute atomic E-state index is 10.9. The zero-order chi connectivity index (χ0) is 10.3. The number of cyclic esters (lactones) is 1. The molecule has 0 saturated carbocycles. The van der Waals surface area contributed by atoms with Crippen molar-refractivity contribution >= 4 is 6.16 Å². The molecule has 0 N–H and O–H groups in total. The third-order valence-corrected chi connectivity index (χ3v) is 3.31. The molecule has 2 saturated heterocycles. The van der Waals surface area contributed by atoms with Gasteiger partial charge in [-0.2, -0.15) is 0 Å². The Hall–Kier alpha value is -0.770. The maximum Gasteiger partial charge on any atom is 0.511 e. The molecule has 4 atom stereocenters. The van der Waals surface area contributed by atoms with E-state index in [0.717, 1.165) is 6.42 Å². The molecule has 0 unspecified atom stereocenters. The van der Waals surface area contributed by atoms with Crippen LogP contribution in [0.2, 0.25) is 0 Å². The first-order valence-electron chi connectivity index (χ1n) is 5.07. The monoisotopic (exact) mass is 200 g/mol. The third-order valence-electron chi connectivity index (χ3n) is 3.31. The lowest BCUT2D eigenvalue weighted by Crippen LogP contribution is -2.50. The molecule has 0 amide bonds. The van der Waals surface area contributed by atoms with Crippen molar-refractivity contribution in [3.8, 4) is 0 Å². The van der Waals surface area contributed by atoms with Crippen molar-refractivity contribution in [2.45, 2.75) is 39.1 Å². The highest BCUT2D eigenvalue weighted by atomic mass is 16.8. The van der Waals surface area contributed by atoms with Crippen LogP contribution in [0.3, 0.4) is 0 Å². The van der Waals surface area contributed by atoms with Crippen LogP contribution in [0.15, 0.2) is 0 Å². The lowest BCUT2D eigenvalue weighted by Gasteiger charge is -2.41. The Balaban J connectivity index is 2.15. The molecular formula is C10H16O4. The van der Waals surface area contributed by atoms with E-state index in [9.17, 15) is 4.79 Å². The molecule has 4 heteroatoms. The smallest absolute Gasteiger partial charge is 0.427 e. The summed E-state index contributed by atoms with van der Waals surface area (Å²) in [7, 11) is 0. The van der Waals surface area contributed by atoms with Gasteiger partial charge < -0.3 is 14.2 Å². The van der Waals surface area contributed by atoms with Crippen LogP contribution in [-0.4, -0.2) is 24.7 Å². The first-order valence-corrected chi connectivity index (χ1v) is 5.07.